The van der Waals surface area contributed by atoms with E-state index < -0.39 is 0 Å². The van der Waals surface area contributed by atoms with Crippen molar-refractivity contribution in [3.8, 4) is 0 Å². The molecule has 2 rings (SSSR count). The van der Waals surface area contributed by atoms with Crippen molar-refractivity contribution in [2.24, 2.45) is 5.92 Å². The zero-order chi connectivity index (χ0) is 13.0. The number of aromatic nitrogens is 2. The molecule has 4 heteroatoms. The quantitative estimate of drug-likeness (QED) is 0.861. The van der Waals surface area contributed by atoms with Crippen LogP contribution >= 0.6 is 0 Å². The molecule has 1 aliphatic rings. The molecule has 2 unspecified atom stereocenters. The molecule has 1 aromatic heterocycles. The van der Waals surface area contributed by atoms with Gasteiger partial charge in [-0.3, -0.25) is 4.90 Å². The Balaban J connectivity index is 1.81. The van der Waals surface area contributed by atoms with Crippen molar-refractivity contribution >= 4 is 0 Å². The minimum atomic E-state index is 0.619. The Labute approximate surface area is 110 Å². The third-order valence-corrected chi connectivity index (χ3v) is 3.84. The van der Waals surface area contributed by atoms with Crippen molar-refractivity contribution in [2.45, 2.75) is 45.8 Å². The molecule has 1 aliphatic heterocycles. The predicted molar refractivity (Wildman–Crippen MR) is 74.5 cm³/mol. The molecule has 1 saturated heterocycles. The summed E-state index contributed by atoms with van der Waals surface area (Å²) < 4.78 is 2.16. The molecule has 0 bridgehead atoms. The Kier molecular flexibility index (Phi) is 4.78. The van der Waals surface area contributed by atoms with Gasteiger partial charge in [-0.2, -0.15) is 0 Å². The lowest BCUT2D eigenvalue weighted by Gasteiger charge is -2.41. The van der Waals surface area contributed by atoms with Crippen molar-refractivity contribution in [3.63, 3.8) is 0 Å². The van der Waals surface area contributed by atoms with Crippen LogP contribution in [0.5, 0.6) is 0 Å². The molecule has 102 valence electrons. The van der Waals surface area contributed by atoms with Crippen LogP contribution in [0.3, 0.4) is 0 Å². The number of hydrogen-bond acceptors (Lipinski definition) is 3. The van der Waals surface area contributed by atoms with Crippen LogP contribution < -0.4 is 5.32 Å². The van der Waals surface area contributed by atoms with Gasteiger partial charge in [0.05, 0.1) is 6.33 Å². The molecule has 0 saturated carbocycles. The highest BCUT2D eigenvalue weighted by atomic mass is 15.2. The van der Waals surface area contributed by atoms with E-state index in [9.17, 15) is 0 Å². The van der Waals surface area contributed by atoms with E-state index in [2.05, 4.69) is 40.5 Å². The van der Waals surface area contributed by atoms with Gasteiger partial charge in [0.1, 0.15) is 0 Å². The number of hydrogen-bond donors (Lipinski definition) is 1. The van der Waals surface area contributed by atoms with Crippen LogP contribution in [0.4, 0.5) is 0 Å². The lowest BCUT2D eigenvalue weighted by Crippen LogP contribution is -2.57. The monoisotopic (exact) mass is 250 g/mol. The number of imidazole rings is 1. The summed E-state index contributed by atoms with van der Waals surface area (Å²) >= 11 is 0. The topological polar surface area (TPSA) is 33.1 Å². The van der Waals surface area contributed by atoms with Gasteiger partial charge in [0.25, 0.3) is 0 Å². The molecular formula is C14H26N4. The maximum absolute atomic E-state index is 4.08. The predicted octanol–water partition coefficient (Wildman–Crippen LogP) is 1.59. The van der Waals surface area contributed by atoms with Gasteiger partial charge in [-0.25, -0.2) is 4.98 Å². The summed E-state index contributed by atoms with van der Waals surface area (Å²) in [4.78, 5) is 6.74. The molecule has 1 N–H and O–H groups in total. The van der Waals surface area contributed by atoms with Crippen LogP contribution in [0.25, 0.3) is 0 Å². The first-order valence-corrected chi connectivity index (χ1v) is 7.10. The molecule has 0 aromatic carbocycles. The molecule has 2 heterocycles. The van der Waals surface area contributed by atoms with Crippen molar-refractivity contribution in [1.82, 2.24) is 19.8 Å². The van der Waals surface area contributed by atoms with E-state index >= 15 is 0 Å². The van der Waals surface area contributed by atoms with Gasteiger partial charge in [0.2, 0.25) is 0 Å². The largest absolute Gasteiger partial charge is 0.337 e. The van der Waals surface area contributed by atoms with Gasteiger partial charge in [0.15, 0.2) is 0 Å². The maximum Gasteiger partial charge on any atom is 0.0945 e. The molecule has 1 aromatic rings. The summed E-state index contributed by atoms with van der Waals surface area (Å²) in [5.74, 6) is 0.721. The first-order chi connectivity index (χ1) is 8.66. The van der Waals surface area contributed by atoms with E-state index in [1.807, 2.05) is 18.7 Å². The molecule has 1 fully saturated rings. The van der Waals surface area contributed by atoms with E-state index in [0.717, 1.165) is 19.0 Å². The SMILES string of the molecule is CC1CN(CCCn2ccnc2)C(C(C)C)CN1. The van der Waals surface area contributed by atoms with Gasteiger partial charge in [-0.15, -0.1) is 0 Å². The van der Waals surface area contributed by atoms with Crippen LogP contribution in [0.2, 0.25) is 0 Å². The fourth-order valence-corrected chi connectivity index (χ4v) is 2.79. The average molecular weight is 250 g/mol. The van der Waals surface area contributed by atoms with Crippen molar-refractivity contribution in [3.05, 3.63) is 18.7 Å². The lowest BCUT2D eigenvalue weighted by atomic mass is 9.98. The highest BCUT2D eigenvalue weighted by Crippen LogP contribution is 2.15. The zero-order valence-corrected chi connectivity index (χ0v) is 11.8. The second-order valence-corrected chi connectivity index (χ2v) is 5.77. The van der Waals surface area contributed by atoms with E-state index in [1.165, 1.54) is 19.5 Å². The van der Waals surface area contributed by atoms with E-state index in [-0.39, 0.29) is 0 Å². The second kappa shape index (κ2) is 6.34. The van der Waals surface area contributed by atoms with E-state index in [4.69, 9.17) is 0 Å². The standard InChI is InChI=1S/C14H26N4/c1-12(2)14-9-16-13(3)10-18(14)7-4-6-17-8-5-15-11-17/h5,8,11-14,16H,4,6-7,9-10H2,1-3H3. The zero-order valence-electron chi connectivity index (χ0n) is 11.8. The first-order valence-electron chi connectivity index (χ1n) is 7.10. The van der Waals surface area contributed by atoms with Gasteiger partial charge in [-0.05, 0) is 19.3 Å². The molecule has 0 amide bonds. The molecule has 4 nitrogen and oxygen atoms in total. The molecule has 0 radical (unpaired) electrons. The van der Waals surface area contributed by atoms with Crippen LogP contribution in [0.1, 0.15) is 27.2 Å². The number of nitrogens with zero attached hydrogens (tertiary/aromatic N) is 3. The normalized spacial score (nSPS) is 25.8. The Morgan fingerprint density at radius 1 is 1.39 bits per heavy atom. The Morgan fingerprint density at radius 2 is 2.22 bits per heavy atom. The summed E-state index contributed by atoms with van der Waals surface area (Å²) in [5, 5.41) is 3.59. The van der Waals surface area contributed by atoms with Gasteiger partial charge in [-0.1, -0.05) is 13.8 Å². The number of piperazine rings is 1. The van der Waals surface area contributed by atoms with Gasteiger partial charge in [0, 0.05) is 50.7 Å². The maximum atomic E-state index is 4.08. The van der Waals surface area contributed by atoms with E-state index in [0.29, 0.717) is 12.1 Å². The fraction of sp³-hybridized carbons (Fsp3) is 0.786. The Hall–Kier alpha value is -0.870. The van der Waals surface area contributed by atoms with E-state index in [1.54, 1.807) is 0 Å². The molecular weight excluding hydrogens is 224 g/mol. The van der Waals surface area contributed by atoms with Crippen LogP contribution in [0, 0.1) is 5.92 Å². The summed E-state index contributed by atoms with van der Waals surface area (Å²) in [6.45, 7) is 11.5. The minimum Gasteiger partial charge on any atom is -0.337 e. The third kappa shape index (κ3) is 3.56. The Morgan fingerprint density at radius 3 is 2.89 bits per heavy atom. The van der Waals surface area contributed by atoms with Crippen molar-refractivity contribution in [2.75, 3.05) is 19.6 Å². The van der Waals surface area contributed by atoms with Crippen molar-refractivity contribution < 1.29 is 0 Å². The third-order valence-electron chi connectivity index (χ3n) is 3.84. The summed E-state index contributed by atoms with van der Waals surface area (Å²) in [5.41, 5.74) is 0. The molecule has 18 heavy (non-hydrogen) atoms. The van der Waals surface area contributed by atoms with Gasteiger partial charge < -0.3 is 9.88 Å². The smallest absolute Gasteiger partial charge is 0.0945 e. The lowest BCUT2D eigenvalue weighted by molar-refractivity contribution is 0.100. The molecule has 0 aliphatic carbocycles. The first kappa shape index (κ1) is 13.6. The second-order valence-electron chi connectivity index (χ2n) is 5.77. The summed E-state index contributed by atoms with van der Waals surface area (Å²) in [7, 11) is 0. The van der Waals surface area contributed by atoms with Gasteiger partial charge >= 0.3 is 0 Å². The van der Waals surface area contributed by atoms with Crippen molar-refractivity contribution in [1.29, 1.82) is 0 Å². The van der Waals surface area contributed by atoms with Crippen LogP contribution in [-0.4, -0.2) is 46.2 Å². The number of rotatable bonds is 5. The Bertz CT molecular complexity index is 334. The highest BCUT2D eigenvalue weighted by Gasteiger charge is 2.27. The van der Waals surface area contributed by atoms with Crippen LogP contribution in [-0.2, 0) is 6.54 Å². The minimum absolute atomic E-state index is 0.619. The molecule has 2 atom stereocenters. The average Bonchev–Trinajstić information content (AvgIpc) is 2.82. The van der Waals surface area contributed by atoms with Crippen LogP contribution in [0.15, 0.2) is 18.7 Å². The number of aryl methyl sites for hydroxylation is 1. The summed E-state index contributed by atoms with van der Waals surface area (Å²) in [6, 6.07) is 1.30. The number of nitrogens with one attached hydrogen (secondary N) is 1. The molecule has 0 spiro atoms. The fourth-order valence-electron chi connectivity index (χ4n) is 2.79. The highest BCUT2D eigenvalue weighted by molar-refractivity contribution is 4.86. The summed E-state index contributed by atoms with van der Waals surface area (Å²) in [6.07, 6.45) is 7.00.